The van der Waals surface area contributed by atoms with E-state index in [1.54, 1.807) is 0 Å². The van der Waals surface area contributed by atoms with Crippen molar-refractivity contribution >= 4 is 161 Å². The molecule has 0 fully saturated rings. The number of hydrogen-bond donors (Lipinski definition) is 0. The molecule has 1 nitrogen and oxygen atoms in total. The molecule has 1 aliphatic carbocycles. The first-order valence-corrected chi connectivity index (χ1v) is 21.5. The summed E-state index contributed by atoms with van der Waals surface area (Å²) in [5.41, 5.74) is 25.9. The lowest BCUT2D eigenvalue weighted by atomic mass is 9.59. The van der Waals surface area contributed by atoms with Gasteiger partial charge in [-0.3, -0.25) is 0 Å². The Bertz CT molecular complexity index is 3470. The van der Waals surface area contributed by atoms with Crippen molar-refractivity contribution < 1.29 is 4.42 Å². The van der Waals surface area contributed by atoms with Crippen LogP contribution in [0.1, 0.15) is 25.0 Å². The zero-order valence-corrected chi connectivity index (χ0v) is 36.5. The van der Waals surface area contributed by atoms with Crippen molar-refractivity contribution in [1.29, 1.82) is 0 Å². The van der Waals surface area contributed by atoms with Gasteiger partial charge in [0.05, 0.1) is 0 Å². The van der Waals surface area contributed by atoms with Gasteiger partial charge in [-0.2, -0.15) is 0 Å². The number of rotatable bonds is 3. The number of benzene rings is 9. The van der Waals surface area contributed by atoms with Gasteiger partial charge in [-0.15, -0.1) is 21.9 Å². The van der Waals surface area contributed by atoms with E-state index in [9.17, 15) is 0 Å². The van der Waals surface area contributed by atoms with Crippen molar-refractivity contribution in [2.45, 2.75) is 19.3 Å². The van der Waals surface area contributed by atoms with Crippen molar-refractivity contribution in [2.75, 3.05) is 0 Å². The summed E-state index contributed by atoms with van der Waals surface area (Å²) < 4.78 is 6.55. The smallest absolute Gasteiger partial charge is 0.139 e. The highest BCUT2D eigenvalue weighted by Gasteiger charge is 2.35. The minimum absolute atomic E-state index is 0.00546. The Labute approximate surface area is 359 Å². The second-order valence-electron chi connectivity index (χ2n) is 18.3. The fourth-order valence-corrected chi connectivity index (χ4v) is 11.0. The number of fused-ring (bicyclic) bond motifs is 9. The lowest BCUT2D eigenvalue weighted by Crippen LogP contribution is -2.50. The van der Waals surface area contributed by atoms with Crippen LogP contribution in [0.3, 0.4) is 0 Å². The Balaban J connectivity index is 1.19. The second kappa shape index (κ2) is 13.0. The van der Waals surface area contributed by atoms with E-state index in [4.69, 9.17) is 4.42 Å². The fourth-order valence-electron chi connectivity index (χ4n) is 11.0. The molecule has 0 aliphatic heterocycles. The van der Waals surface area contributed by atoms with E-state index < -0.39 is 0 Å². The van der Waals surface area contributed by atoms with Gasteiger partial charge in [-0.05, 0) is 118 Å². The maximum atomic E-state index is 6.55. The Hall–Kier alpha value is -5.92. The molecule has 0 unspecified atom stereocenters. The van der Waals surface area contributed by atoms with E-state index in [1.165, 1.54) is 132 Å². The van der Waals surface area contributed by atoms with Crippen LogP contribution in [0.2, 0.25) is 0 Å². The van der Waals surface area contributed by atoms with Crippen LogP contribution < -0.4 is 43.7 Å². The number of furan rings is 1. The lowest BCUT2D eigenvalue weighted by Gasteiger charge is -2.28. The van der Waals surface area contributed by atoms with E-state index >= 15 is 0 Å². The van der Waals surface area contributed by atoms with Crippen LogP contribution in [0.5, 0.6) is 0 Å². The van der Waals surface area contributed by atoms with Crippen molar-refractivity contribution in [3.8, 4) is 44.5 Å². The summed E-state index contributed by atoms with van der Waals surface area (Å²) >= 11 is 0. The third kappa shape index (κ3) is 5.05. The Morgan fingerprint density at radius 2 is 0.833 bits per heavy atom. The molecule has 10 aromatic rings. The summed E-state index contributed by atoms with van der Waals surface area (Å²) in [6.45, 7) is 4.70. The number of hydrogen-bond acceptors (Lipinski definition) is 1. The molecule has 1 aromatic heterocycles. The normalized spacial score (nSPS) is 13.2. The van der Waals surface area contributed by atoms with E-state index in [1.807, 2.05) is 0 Å². The van der Waals surface area contributed by atoms with Gasteiger partial charge >= 0.3 is 0 Å². The van der Waals surface area contributed by atoms with Crippen LogP contribution in [0.25, 0.3) is 98.8 Å². The molecular weight excluding hydrogens is 715 g/mol. The molecule has 276 valence electrons. The highest BCUT2D eigenvalue weighted by Crippen LogP contribution is 2.50. The Kier molecular flexibility index (Phi) is 8.06. The summed E-state index contributed by atoms with van der Waals surface area (Å²) in [7, 11) is 18.6. The topological polar surface area (TPSA) is 13.1 Å². The SMILES string of the molecule is Bc1c(B)c(B)c2c(-c3ccc4oc5cc6ccccc6cc5c4c3)c3c(B)c(B)c(B)c(B)c3c(-c3ccc(-c4ccc5c(c4)-c4ccccc4C5(C)C)cc3)c2c1B. The maximum Gasteiger partial charge on any atom is 0.139 e. The molecule has 11 rings (SSSR count). The highest BCUT2D eigenvalue weighted by atomic mass is 16.3. The molecule has 60 heavy (non-hydrogen) atoms. The Morgan fingerprint density at radius 3 is 1.45 bits per heavy atom. The van der Waals surface area contributed by atoms with Gasteiger partial charge in [0.1, 0.15) is 73.9 Å². The average Bonchev–Trinajstić information content (AvgIpc) is 3.74. The first-order chi connectivity index (χ1) is 28.8. The third-order valence-electron chi connectivity index (χ3n) is 15.1. The minimum Gasteiger partial charge on any atom is -0.456 e. The standard InChI is InChI=1S/C51H42B8O/c1-51(2)33-10-6-5-9-29(33)30-19-27(15-17-34(30)51)23-11-13-24(14-12-23)37-39-41(45(54)49(58)47(56)43(39)52)38(42-40(37)44(53)48(57)50(59)46(42)55)28-16-18-35-31(21-28)32-20-25-7-3-4-8-26(25)22-36(32)60-35/h3-22H,52-59H2,1-2H3. The molecule has 9 aromatic carbocycles. The predicted molar refractivity (Wildman–Crippen MR) is 286 cm³/mol. The van der Waals surface area contributed by atoms with Gasteiger partial charge in [0, 0.05) is 16.2 Å². The first-order valence-electron chi connectivity index (χ1n) is 21.5. The second-order valence-corrected chi connectivity index (χ2v) is 18.3. The van der Waals surface area contributed by atoms with Gasteiger partial charge in [0.15, 0.2) is 0 Å². The van der Waals surface area contributed by atoms with Gasteiger partial charge in [0.2, 0.25) is 0 Å². The molecule has 9 heteroatoms. The highest BCUT2D eigenvalue weighted by molar-refractivity contribution is 6.71. The molecule has 0 N–H and O–H groups in total. The molecule has 0 saturated carbocycles. The summed E-state index contributed by atoms with van der Waals surface area (Å²) in [5.74, 6) is 0. The van der Waals surface area contributed by atoms with Crippen LogP contribution in [0.4, 0.5) is 0 Å². The van der Waals surface area contributed by atoms with Gasteiger partial charge in [0.25, 0.3) is 0 Å². The predicted octanol–water partition coefficient (Wildman–Crippen LogP) is 0.420. The van der Waals surface area contributed by atoms with Gasteiger partial charge in [-0.1, -0.05) is 127 Å². The van der Waals surface area contributed by atoms with E-state index in [0.29, 0.717) is 0 Å². The van der Waals surface area contributed by atoms with Crippen LogP contribution in [-0.4, -0.2) is 62.8 Å². The largest absolute Gasteiger partial charge is 0.456 e. The van der Waals surface area contributed by atoms with E-state index in [0.717, 1.165) is 21.9 Å². The van der Waals surface area contributed by atoms with Crippen LogP contribution in [0, 0.1) is 0 Å². The van der Waals surface area contributed by atoms with E-state index in [2.05, 4.69) is 198 Å². The molecule has 0 amide bonds. The van der Waals surface area contributed by atoms with Gasteiger partial charge in [-0.25, -0.2) is 0 Å². The average molecular weight is 757 g/mol. The van der Waals surface area contributed by atoms with Gasteiger partial charge < -0.3 is 4.42 Å². The molecular formula is C51H42B8O. The summed E-state index contributed by atoms with van der Waals surface area (Å²) in [6.07, 6.45) is 0. The minimum atomic E-state index is -0.00546. The monoisotopic (exact) mass is 758 g/mol. The third-order valence-corrected chi connectivity index (χ3v) is 15.1. The molecule has 0 spiro atoms. The lowest BCUT2D eigenvalue weighted by molar-refractivity contribution is 0.660. The molecule has 1 heterocycles. The molecule has 0 bridgehead atoms. The summed E-state index contributed by atoms with van der Waals surface area (Å²) in [6, 6.07) is 45.5. The molecule has 0 radical (unpaired) electrons. The van der Waals surface area contributed by atoms with Crippen LogP contribution >= 0.6 is 0 Å². The van der Waals surface area contributed by atoms with Crippen molar-refractivity contribution in [3.63, 3.8) is 0 Å². The molecule has 0 atom stereocenters. The van der Waals surface area contributed by atoms with Crippen molar-refractivity contribution in [3.05, 3.63) is 132 Å². The molecule has 1 aliphatic rings. The summed E-state index contributed by atoms with van der Waals surface area (Å²) in [4.78, 5) is 0. The fraction of sp³-hybridized carbons (Fsp3) is 0.0588. The quantitative estimate of drug-likeness (QED) is 0.189. The molecule has 0 saturated heterocycles. The van der Waals surface area contributed by atoms with Crippen LogP contribution in [-0.2, 0) is 5.41 Å². The zero-order chi connectivity index (χ0) is 41.5. The zero-order valence-electron chi connectivity index (χ0n) is 36.5. The Morgan fingerprint density at radius 1 is 0.367 bits per heavy atom. The van der Waals surface area contributed by atoms with Crippen molar-refractivity contribution in [1.82, 2.24) is 0 Å². The van der Waals surface area contributed by atoms with Crippen LogP contribution in [0.15, 0.2) is 126 Å². The van der Waals surface area contributed by atoms with E-state index in [-0.39, 0.29) is 5.41 Å². The summed E-state index contributed by atoms with van der Waals surface area (Å²) in [5, 5.41) is 10.2. The van der Waals surface area contributed by atoms with Crippen molar-refractivity contribution in [2.24, 2.45) is 0 Å². The maximum absolute atomic E-state index is 6.55. The first kappa shape index (κ1) is 37.1.